The summed E-state index contributed by atoms with van der Waals surface area (Å²) in [4.78, 5) is 3.74. The third kappa shape index (κ3) is 2.94. The van der Waals surface area contributed by atoms with E-state index in [0.717, 1.165) is 32.8 Å². The van der Waals surface area contributed by atoms with Crippen LogP contribution in [-0.2, 0) is 4.74 Å². The number of ether oxygens (including phenoxy) is 1. The van der Waals surface area contributed by atoms with Crippen molar-refractivity contribution >= 4 is 17.4 Å². The van der Waals surface area contributed by atoms with Gasteiger partial charge in [0, 0.05) is 24.5 Å². The Hall–Kier alpha value is -0.640. The molecule has 2 rings (SSSR count). The van der Waals surface area contributed by atoms with Crippen LogP contribution < -0.4 is 0 Å². The maximum Gasteiger partial charge on any atom is 0.0594 e. The summed E-state index contributed by atoms with van der Waals surface area (Å²) >= 11 is 1.78. The Morgan fingerprint density at radius 3 is 3.00 bits per heavy atom. The molecule has 0 saturated carbocycles. The van der Waals surface area contributed by atoms with Crippen LogP contribution in [0.4, 0.5) is 0 Å². The summed E-state index contributed by atoms with van der Waals surface area (Å²) in [5, 5.41) is 2.11. The molecule has 0 aliphatic carbocycles. The molecule has 1 aliphatic heterocycles. The zero-order chi connectivity index (χ0) is 9.64. The largest absolute Gasteiger partial charge is 0.379 e. The van der Waals surface area contributed by atoms with Crippen molar-refractivity contribution in [2.45, 2.75) is 0 Å². The van der Waals surface area contributed by atoms with Crippen LogP contribution in [0.15, 0.2) is 23.6 Å². The van der Waals surface area contributed by atoms with E-state index in [1.165, 1.54) is 4.88 Å². The fourth-order valence-corrected chi connectivity index (χ4v) is 2.13. The second-order valence-corrected chi connectivity index (χ2v) is 4.31. The van der Waals surface area contributed by atoms with Crippen LogP contribution in [0.3, 0.4) is 0 Å². The first-order chi connectivity index (χ1) is 6.95. The predicted octanol–water partition coefficient (Wildman–Crippen LogP) is 2.09. The van der Waals surface area contributed by atoms with Gasteiger partial charge in [-0.25, -0.2) is 0 Å². The highest BCUT2D eigenvalue weighted by atomic mass is 32.1. The lowest BCUT2D eigenvalue weighted by molar-refractivity contribution is 0.0435. The molecular weight excluding hydrogens is 194 g/mol. The van der Waals surface area contributed by atoms with Gasteiger partial charge in [0.25, 0.3) is 0 Å². The summed E-state index contributed by atoms with van der Waals surface area (Å²) in [5.41, 5.74) is 0. The molecule has 0 aromatic carbocycles. The van der Waals surface area contributed by atoms with E-state index in [2.05, 4.69) is 34.6 Å². The van der Waals surface area contributed by atoms with Crippen molar-refractivity contribution in [1.29, 1.82) is 0 Å². The lowest BCUT2D eigenvalue weighted by Gasteiger charge is -2.25. The molecule has 1 aromatic rings. The third-order valence-electron chi connectivity index (χ3n) is 2.29. The van der Waals surface area contributed by atoms with Crippen LogP contribution in [-0.4, -0.2) is 37.7 Å². The summed E-state index contributed by atoms with van der Waals surface area (Å²) in [6, 6.07) is 4.22. The molecule has 3 heteroatoms. The van der Waals surface area contributed by atoms with Crippen molar-refractivity contribution in [3.05, 3.63) is 28.5 Å². The van der Waals surface area contributed by atoms with Gasteiger partial charge in [-0.1, -0.05) is 12.1 Å². The minimum atomic E-state index is 0.882. The van der Waals surface area contributed by atoms with Crippen molar-refractivity contribution in [2.75, 3.05) is 32.8 Å². The first-order valence-electron chi connectivity index (χ1n) is 4.95. The Balaban J connectivity index is 1.76. The van der Waals surface area contributed by atoms with Crippen molar-refractivity contribution in [1.82, 2.24) is 4.90 Å². The van der Waals surface area contributed by atoms with Gasteiger partial charge in [-0.15, -0.1) is 11.3 Å². The van der Waals surface area contributed by atoms with Crippen LogP contribution in [0.5, 0.6) is 0 Å². The van der Waals surface area contributed by atoms with Gasteiger partial charge in [-0.3, -0.25) is 4.90 Å². The molecule has 1 aliphatic rings. The number of hydrogen-bond acceptors (Lipinski definition) is 3. The molecule has 0 atom stereocenters. The van der Waals surface area contributed by atoms with Crippen LogP contribution in [0.2, 0.25) is 0 Å². The molecule has 14 heavy (non-hydrogen) atoms. The van der Waals surface area contributed by atoms with E-state index in [-0.39, 0.29) is 0 Å². The number of thiophene rings is 1. The van der Waals surface area contributed by atoms with E-state index >= 15 is 0 Å². The van der Waals surface area contributed by atoms with Gasteiger partial charge in [-0.2, -0.15) is 0 Å². The minimum Gasteiger partial charge on any atom is -0.379 e. The number of morpholine rings is 1. The normalized spacial score (nSPS) is 19.1. The van der Waals surface area contributed by atoms with E-state index in [1.54, 1.807) is 11.3 Å². The fourth-order valence-electron chi connectivity index (χ4n) is 1.49. The molecule has 0 spiro atoms. The van der Waals surface area contributed by atoms with Gasteiger partial charge < -0.3 is 4.74 Å². The average molecular weight is 209 g/mol. The molecular formula is C11H15NOS. The van der Waals surface area contributed by atoms with Crippen molar-refractivity contribution in [3.63, 3.8) is 0 Å². The highest BCUT2D eigenvalue weighted by Crippen LogP contribution is 2.10. The predicted molar refractivity (Wildman–Crippen MR) is 60.6 cm³/mol. The van der Waals surface area contributed by atoms with E-state index in [1.807, 2.05) is 0 Å². The fraction of sp³-hybridized carbons (Fsp3) is 0.455. The zero-order valence-corrected chi connectivity index (χ0v) is 9.00. The monoisotopic (exact) mass is 209 g/mol. The van der Waals surface area contributed by atoms with Crippen LogP contribution in [0, 0.1) is 0 Å². The van der Waals surface area contributed by atoms with Crippen LogP contribution in [0.25, 0.3) is 6.08 Å². The van der Waals surface area contributed by atoms with Gasteiger partial charge in [0.2, 0.25) is 0 Å². The van der Waals surface area contributed by atoms with Gasteiger partial charge in [0.1, 0.15) is 0 Å². The second-order valence-electron chi connectivity index (χ2n) is 3.33. The number of hydrogen-bond donors (Lipinski definition) is 0. The van der Waals surface area contributed by atoms with E-state index < -0.39 is 0 Å². The molecule has 0 radical (unpaired) electrons. The summed E-state index contributed by atoms with van der Waals surface area (Å²) in [7, 11) is 0. The lowest BCUT2D eigenvalue weighted by Crippen LogP contribution is -2.36. The Labute approximate surface area is 88.8 Å². The first-order valence-corrected chi connectivity index (χ1v) is 5.83. The van der Waals surface area contributed by atoms with E-state index in [4.69, 9.17) is 4.74 Å². The highest BCUT2D eigenvalue weighted by Gasteiger charge is 2.07. The van der Waals surface area contributed by atoms with Gasteiger partial charge in [0.05, 0.1) is 13.2 Å². The summed E-state index contributed by atoms with van der Waals surface area (Å²) in [6.45, 7) is 4.94. The summed E-state index contributed by atoms with van der Waals surface area (Å²) in [5.74, 6) is 0. The third-order valence-corrected chi connectivity index (χ3v) is 3.13. The Kier molecular flexibility index (Phi) is 3.74. The maximum atomic E-state index is 5.29. The van der Waals surface area contributed by atoms with Gasteiger partial charge in [0.15, 0.2) is 0 Å². The average Bonchev–Trinajstić information content (AvgIpc) is 2.72. The van der Waals surface area contributed by atoms with Gasteiger partial charge in [-0.05, 0) is 17.5 Å². The van der Waals surface area contributed by atoms with Crippen molar-refractivity contribution in [3.8, 4) is 0 Å². The topological polar surface area (TPSA) is 12.5 Å². The van der Waals surface area contributed by atoms with E-state index in [0.29, 0.717) is 0 Å². The molecule has 2 nitrogen and oxygen atoms in total. The molecule has 0 N–H and O–H groups in total. The zero-order valence-electron chi connectivity index (χ0n) is 8.19. The Bertz CT molecular complexity index is 275. The van der Waals surface area contributed by atoms with Crippen molar-refractivity contribution < 1.29 is 4.74 Å². The van der Waals surface area contributed by atoms with Crippen LogP contribution in [0.1, 0.15) is 4.88 Å². The smallest absolute Gasteiger partial charge is 0.0594 e. The quantitative estimate of drug-likeness (QED) is 0.756. The summed E-state index contributed by atoms with van der Waals surface area (Å²) in [6.07, 6.45) is 4.43. The molecule has 0 bridgehead atoms. The Morgan fingerprint density at radius 2 is 2.29 bits per heavy atom. The van der Waals surface area contributed by atoms with E-state index in [9.17, 15) is 0 Å². The number of rotatable bonds is 3. The maximum absolute atomic E-state index is 5.29. The minimum absolute atomic E-state index is 0.882. The molecule has 1 saturated heterocycles. The molecule has 0 amide bonds. The van der Waals surface area contributed by atoms with Gasteiger partial charge >= 0.3 is 0 Å². The number of nitrogens with zero attached hydrogens (tertiary/aromatic N) is 1. The molecule has 76 valence electrons. The molecule has 1 fully saturated rings. The highest BCUT2D eigenvalue weighted by molar-refractivity contribution is 7.10. The molecule has 2 heterocycles. The second kappa shape index (κ2) is 5.29. The molecule has 0 unspecified atom stereocenters. The Morgan fingerprint density at radius 1 is 1.43 bits per heavy atom. The standard InChI is InChI=1S/C11H15NOS/c1(3-11-4-2-10-14-11)5-12-6-8-13-9-7-12/h1-4,10H,5-9H2/b3-1-. The lowest BCUT2D eigenvalue weighted by atomic mass is 10.3. The van der Waals surface area contributed by atoms with Crippen LogP contribution >= 0.6 is 11.3 Å². The summed E-state index contributed by atoms with van der Waals surface area (Å²) < 4.78 is 5.29. The first kappa shape index (κ1) is 9.90. The van der Waals surface area contributed by atoms with Crippen molar-refractivity contribution in [2.24, 2.45) is 0 Å². The SMILES string of the molecule is C(=C/c1cccs1)/CN1CCOCC1. The molecule has 1 aromatic heterocycles.